The molecule has 0 bridgehead atoms. The fraction of sp³-hybridized carbons (Fsp3) is 0.241. The monoisotopic (exact) mass is 452 g/mol. The maximum Gasteiger partial charge on any atom is 0.137 e. The molecule has 2 aromatic carbocycles. The average molecular weight is 453 g/mol. The van der Waals surface area contributed by atoms with Crippen LogP contribution in [-0.4, -0.2) is 17.8 Å². The van der Waals surface area contributed by atoms with Gasteiger partial charge in [0.05, 0.1) is 25.1 Å². The van der Waals surface area contributed by atoms with E-state index in [1.165, 1.54) is 11.1 Å². The lowest BCUT2D eigenvalue weighted by molar-refractivity contribution is 0.413. The summed E-state index contributed by atoms with van der Waals surface area (Å²) >= 11 is 0. The molecule has 0 saturated carbocycles. The predicted octanol–water partition coefficient (Wildman–Crippen LogP) is 6.28. The van der Waals surface area contributed by atoms with Crippen LogP contribution in [-0.2, 0) is 6.54 Å². The number of methoxy groups -OCH3 is 1. The van der Waals surface area contributed by atoms with Gasteiger partial charge in [-0.3, -0.25) is 4.98 Å². The second kappa shape index (κ2) is 11.3. The highest BCUT2D eigenvalue weighted by atomic mass is 16.5. The third kappa shape index (κ3) is 6.35. The van der Waals surface area contributed by atoms with Crippen molar-refractivity contribution in [3.63, 3.8) is 0 Å². The summed E-state index contributed by atoms with van der Waals surface area (Å²) < 4.78 is 5.35. The lowest BCUT2D eigenvalue weighted by Gasteiger charge is -2.20. The number of nitrogens with zero attached hydrogens (tertiary/aromatic N) is 2. The largest absolute Gasteiger partial charge is 0.495 e. The topological polar surface area (TPSA) is 58.5 Å². The first-order valence-corrected chi connectivity index (χ1v) is 11.7. The van der Waals surface area contributed by atoms with E-state index in [-0.39, 0.29) is 6.04 Å². The van der Waals surface area contributed by atoms with Crippen molar-refractivity contribution < 1.29 is 4.74 Å². The summed E-state index contributed by atoms with van der Waals surface area (Å²) in [4.78, 5) is 9.26. The smallest absolute Gasteiger partial charge is 0.137 e. The van der Waals surface area contributed by atoms with Crippen molar-refractivity contribution in [2.75, 3.05) is 12.4 Å². The lowest BCUT2D eigenvalue weighted by Crippen LogP contribution is -2.19. The van der Waals surface area contributed by atoms with Crippen LogP contribution in [0.5, 0.6) is 5.75 Å². The molecule has 3 aromatic rings. The summed E-state index contributed by atoms with van der Waals surface area (Å²) in [6.07, 6.45) is 10.9. The molecular formula is C29H32N4O. The van der Waals surface area contributed by atoms with Gasteiger partial charge in [-0.2, -0.15) is 0 Å². The Balaban J connectivity index is 1.51. The van der Waals surface area contributed by atoms with Crippen LogP contribution in [0.25, 0.3) is 0 Å². The summed E-state index contributed by atoms with van der Waals surface area (Å²) in [6, 6.07) is 21.0. The molecule has 5 heteroatoms. The molecule has 1 aliphatic rings. The molecule has 2 heterocycles. The van der Waals surface area contributed by atoms with E-state index in [9.17, 15) is 0 Å². The highest BCUT2D eigenvalue weighted by molar-refractivity contribution is 6.09. The average Bonchev–Trinajstić information content (AvgIpc) is 2.86. The maximum absolute atomic E-state index is 5.35. The van der Waals surface area contributed by atoms with Gasteiger partial charge >= 0.3 is 0 Å². The van der Waals surface area contributed by atoms with Crippen LogP contribution in [0, 0.1) is 5.92 Å². The van der Waals surface area contributed by atoms with E-state index in [4.69, 9.17) is 9.73 Å². The highest BCUT2D eigenvalue weighted by Gasteiger charge is 2.12. The lowest BCUT2D eigenvalue weighted by atomic mass is 10.0. The molecule has 2 N–H and O–H groups in total. The van der Waals surface area contributed by atoms with Crippen molar-refractivity contribution in [3.8, 4) is 5.75 Å². The molecule has 0 spiro atoms. The molecule has 1 aliphatic heterocycles. The van der Waals surface area contributed by atoms with Crippen LogP contribution in [0.2, 0.25) is 0 Å². The molecule has 1 unspecified atom stereocenters. The van der Waals surface area contributed by atoms with Gasteiger partial charge in [-0.25, -0.2) is 4.99 Å². The zero-order valence-electron chi connectivity index (χ0n) is 20.0. The first kappa shape index (κ1) is 23.3. The number of ether oxygens (including phenoxy) is 1. The van der Waals surface area contributed by atoms with Crippen molar-refractivity contribution in [3.05, 3.63) is 114 Å². The summed E-state index contributed by atoms with van der Waals surface area (Å²) in [5, 5.41) is 7.15. The molecule has 0 fully saturated rings. The fourth-order valence-corrected chi connectivity index (χ4v) is 3.87. The van der Waals surface area contributed by atoms with Gasteiger partial charge in [0.2, 0.25) is 0 Å². The number of nitrogens with one attached hydrogen (secondary N) is 2. The van der Waals surface area contributed by atoms with E-state index in [1.54, 1.807) is 13.3 Å². The molecule has 4 rings (SSSR count). The van der Waals surface area contributed by atoms with Gasteiger partial charge < -0.3 is 15.4 Å². The Kier molecular flexibility index (Phi) is 7.76. The minimum absolute atomic E-state index is 0.0914. The van der Waals surface area contributed by atoms with Crippen molar-refractivity contribution in [2.24, 2.45) is 10.9 Å². The Morgan fingerprint density at radius 2 is 1.91 bits per heavy atom. The van der Waals surface area contributed by atoms with Crippen molar-refractivity contribution >= 4 is 11.4 Å². The number of hydrogen-bond acceptors (Lipinski definition) is 5. The summed E-state index contributed by atoms with van der Waals surface area (Å²) in [5.74, 6) is 1.97. The molecular weight excluding hydrogens is 420 g/mol. The van der Waals surface area contributed by atoms with Gasteiger partial charge in [0.15, 0.2) is 0 Å². The van der Waals surface area contributed by atoms with Gasteiger partial charge in [-0.15, -0.1) is 0 Å². The molecule has 1 aromatic heterocycles. The molecule has 0 saturated heterocycles. The molecule has 0 aliphatic carbocycles. The zero-order chi connectivity index (χ0) is 23.8. The van der Waals surface area contributed by atoms with E-state index in [2.05, 4.69) is 96.2 Å². The molecule has 0 radical (unpaired) electrons. The summed E-state index contributed by atoms with van der Waals surface area (Å²) in [5.41, 5.74) is 5.35. The van der Waals surface area contributed by atoms with Crippen molar-refractivity contribution in [1.29, 1.82) is 0 Å². The number of pyridine rings is 1. The number of benzene rings is 2. The van der Waals surface area contributed by atoms with Crippen LogP contribution >= 0.6 is 0 Å². The van der Waals surface area contributed by atoms with Crippen molar-refractivity contribution in [1.82, 2.24) is 10.3 Å². The minimum atomic E-state index is 0.0914. The highest BCUT2D eigenvalue weighted by Crippen LogP contribution is 2.22. The van der Waals surface area contributed by atoms with Gasteiger partial charge in [0.1, 0.15) is 11.6 Å². The molecule has 2 atom stereocenters. The van der Waals surface area contributed by atoms with E-state index >= 15 is 0 Å². The van der Waals surface area contributed by atoms with Crippen molar-refractivity contribution in [2.45, 2.75) is 32.9 Å². The van der Waals surface area contributed by atoms with Crippen LogP contribution in [0.1, 0.15) is 43.0 Å². The molecule has 0 amide bonds. The van der Waals surface area contributed by atoms with Gasteiger partial charge in [0.25, 0.3) is 0 Å². The normalized spacial score (nSPS) is 20.5. The third-order valence-corrected chi connectivity index (χ3v) is 5.80. The number of allylic oxidation sites excluding steroid dienone is 3. The molecule has 5 nitrogen and oxygen atoms in total. The Bertz CT molecular complexity index is 1180. The van der Waals surface area contributed by atoms with Crippen LogP contribution in [0.15, 0.2) is 102 Å². The van der Waals surface area contributed by atoms with Crippen LogP contribution in [0.4, 0.5) is 5.69 Å². The Hall–Kier alpha value is -3.86. The Labute approximate surface area is 202 Å². The Morgan fingerprint density at radius 1 is 1.06 bits per heavy atom. The van der Waals surface area contributed by atoms with Crippen LogP contribution < -0.4 is 15.4 Å². The number of hydrogen-bond donors (Lipinski definition) is 2. The van der Waals surface area contributed by atoms with Gasteiger partial charge in [0, 0.05) is 24.0 Å². The van der Waals surface area contributed by atoms with E-state index < -0.39 is 0 Å². The molecule has 174 valence electrons. The second-order valence-electron chi connectivity index (χ2n) is 8.61. The summed E-state index contributed by atoms with van der Waals surface area (Å²) in [6.45, 7) is 5.17. The zero-order valence-corrected chi connectivity index (χ0v) is 20.0. The van der Waals surface area contributed by atoms with Gasteiger partial charge in [-0.05, 0) is 60.7 Å². The SMILES string of the molecule is COc1cncc(C2=N/C(N[C@@H](C)c3cccc(NCc4ccccc4)c3)=C\C(C)C\C=C\2)c1. The van der Waals surface area contributed by atoms with Crippen LogP contribution in [0.3, 0.4) is 0 Å². The number of aromatic nitrogens is 1. The standard InChI is InChI=1S/C29H32N4O/c1-21-9-7-14-28(25-17-27(34-3)20-30-19-25)33-29(15-21)32-22(2)24-12-8-13-26(16-24)31-18-23-10-5-4-6-11-23/h4-8,10-17,19-22,31-32H,9,18H2,1-3H3/b14-7+,29-15-,33-28+/t21?,22-/m0/s1. The van der Waals surface area contributed by atoms with E-state index in [1.807, 2.05) is 18.3 Å². The number of anilines is 1. The van der Waals surface area contributed by atoms with E-state index in [0.29, 0.717) is 5.92 Å². The quantitative estimate of drug-likeness (QED) is 0.422. The second-order valence-corrected chi connectivity index (χ2v) is 8.61. The molecule has 34 heavy (non-hydrogen) atoms. The number of aliphatic imine (C=N–C) groups is 1. The first-order chi connectivity index (χ1) is 16.6. The van der Waals surface area contributed by atoms with Gasteiger partial charge in [-0.1, -0.05) is 55.5 Å². The Morgan fingerprint density at radius 3 is 2.74 bits per heavy atom. The minimum Gasteiger partial charge on any atom is -0.495 e. The first-order valence-electron chi connectivity index (χ1n) is 11.7. The van der Waals surface area contributed by atoms with E-state index in [0.717, 1.165) is 41.5 Å². The third-order valence-electron chi connectivity index (χ3n) is 5.80. The number of rotatable bonds is 8. The maximum atomic E-state index is 5.35. The predicted molar refractivity (Wildman–Crippen MR) is 140 cm³/mol. The summed E-state index contributed by atoms with van der Waals surface area (Å²) in [7, 11) is 1.65. The fourth-order valence-electron chi connectivity index (χ4n) is 3.87.